The van der Waals surface area contributed by atoms with Gasteiger partial charge in [0, 0.05) is 19.4 Å². The summed E-state index contributed by atoms with van der Waals surface area (Å²) in [5, 5.41) is 0. The number of aliphatic imine (C=N–C) groups is 1. The lowest BCUT2D eigenvalue weighted by Crippen LogP contribution is -2.07. The highest BCUT2D eigenvalue weighted by molar-refractivity contribution is 6.13. The van der Waals surface area contributed by atoms with E-state index in [1.165, 1.54) is 46.3 Å². The van der Waals surface area contributed by atoms with Gasteiger partial charge in [-0.05, 0) is 42.0 Å². The van der Waals surface area contributed by atoms with E-state index >= 15 is 0 Å². The average molecular weight is 425 g/mol. The van der Waals surface area contributed by atoms with Crippen LogP contribution in [-0.4, -0.2) is 38.0 Å². The summed E-state index contributed by atoms with van der Waals surface area (Å²) in [6.07, 6.45) is 1.46. The molecule has 0 aromatic heterocycles. The molecule has 0 aliphatic carbocycles. The second kappa shape index (κ2) is 9.12. The molecule has 0 radical (unpaired) electrons. The lowest BCUT2D eigenvalue weighted by atomic mass is 10.1. The first-order valence-corrected chi connectivity index (χ1v) is 9.06. The molecule has 0 atom stereocenters. The Morgan fingerprint density at radius 2 is 1.52 bits per heavy atom. The maximum Gasteiger partial charge on any atom is 0.363 e. The number of methoxy groups -OCH3 is 2. The molecule has 0 spiro atoms. The van der Waals surface area contributed by atoms with Crippen LogP contribution in [0.2, 0.25) is 0 Å². The summed E-state index contributed by atoms with van der Waals surface area (Å²) in [5.74, 6) is -0.603. The summed E-state index contributed by atoms with van der Waals surface area (Å²) in [5.41, 5.74) is 1.05. The molecule has 2 aromatic rings. The third-order valence-electron chi connectivity index (χ3n) is 4.03. The second-order valence-electron chi connectivity index (χ2n) is 6.30. The molecular weight excluding hydrogens is 406 g/mol. The molecule has 0 fully saturated rings. The topological polar surface area (TPSA) is 110 Å². The van der Waals surface area contributed by atoms with Crippen molar-refractivity contribution in [1.82, 2.24) is 0 Å². The van der Waals surface area contributed by atoms with Gasteiger partial charge in [-0.2, -0.15) is 0 Å². The van der Waals surface area contributed by atoms with E-state index in [1.54, 1.807) is 24.3 Å². The zero-order chi connectivity index (χ0) is 22.5. The second-order valence-corrected chi connectivity index (χ2v) is 6.30. The monoisotopic (exact) mass is 425 g/mol. The van der Waals surface area contributed by atoms with Crippen LogP contribution in [0.3, 0.4) is 0 Å². The Hall–Kier alpha value is -4.14. The Balaban J connectivity index is 1.94. The Kier molecular flexibility index (Phi) is 6.35. The molecule has 9 heteroatoms. The summed E-state index contributed by atoms with van der Waals surface area (Å²) in [6, 6.07) is 9.47. The molecule has 0 bridgehead atoms. The third kappa shape index (κ3) is 5.08. The molecule has 0 amide bonds. The molecule has 9 nitrogen and oxygen atoms in total. The van der Waals surface area contributed by atoms with Crippen molar-refractivity contribution in [2.75, 3.05) is 14.2 Å². The molecule has 160 valence electrons. The van der Waals surface area contributed by atoms with Gasteiger partial charge in [-0.15, -0.1) is 0 Å². The van der Waals surface area contributed by atoms with E-state index in [4.69, 9.17) is 23.7 Å². The van der Waals surface area contributed by atoms with Crippen LogP contribution in [0, 0.1) is 0 Å². The third-order valence-corrected chi connectivity index (χ3v) is 4.03. The SMILES string of the molecule is COc1ccc(C2=NC(=Cc3ccc(OC(C)=O)c(OC(C)=O)c3)C(=O)O2)cc1OC. The quantitative estimate of drug-likeness (QED) is 0.395. The molecule has 1 heterocycles. The number of rotatable bonds is 6. The molecule has 0 unspecified atom stereocenters. The van der Waals surface area contributed by atoms with E-state index < -0.39 is 17.9 Å². The van der Waals surface area contributed by atoms with Crippen molar-refractivity contribution in [2.45, 2.75) is 13.8 Å². The highest BCUT2D eigenvalue weighted by Gasteiger charge is 2.25. The predicted octanol–water partition coefficient (Wildman–Crippen LogP) is 2.90. The summed E-state index contributed by atoms with van der Waals surface area (Å²) in [6.45, 7) is 2.45. The number of hydrogen-bond donors (Lipinski definition) is 0. The number of nitrogens with zero attached hydrogens (tertiary/aromatic N) is 1. The van der Waals surface area contributed by atoms with E-state index in [1.807, 2.05) is 0 Å². The van der Waals surface area contributed by atoms with Crippen LogP contribution in [0.4, 0.5) is 0 Å². The first kappa shape index (κ1) is 21.6. The Labute approximate surface area is 177 Å². The molecule has 0 saturated heterocycles. The van der Waals surface area contributed by atoms with Gasteiger partial charge in [0.1, 0.15) is 0 Å². The zero-order valence-corrected chi connectivity index (χ0v) is 17.3. The minimum Gasteiger partial charge on any atom is -0.493 e. The number of benzene rings is 2. The van der Waals surface area contributed by atoms with E-state index in [2.05, 4.69) is 4.99 Å². The summed E-state index contributed by atoms with van der Waals surface area (Å²) < 4.78 is 25.8. The fourth-order valence-corrected chi connectivity index (χ4v) is 2.75. The summed E-state index contributed by atoms with van der Waals surface area (Å²) in [4.78, 5) is 39.2. The van der Waals surface area contributed by atoms with Gasteiger partial charge in [-0.25, -0.2) is 9.79 Å². The normalized spacial score (nSPS) is 14.0. The lowest BCUT2D eigenvalue weighted by molar-refractivity contribution is -0.134. The number of hydrogen-bond acceptors (Lipinski definition) is 9. The number of ether oxygens (including phenoxy) is 5. The van der Waals surface area contributed by atoms with Gasteiger partial charge in [0.05, 0.1) is 14.2 Å². The lowest BCUT2D eigenvalue weighted by Gasteiger charge is -2.09. The molecule has 1 aliphatic heterocycles. The highest BCUT2D eigenvalue weighted by Crippen LogP contribution is 2.32. The molecule has 31 heavy (non-hydrogen) atoms. The Bertz CT molecular complexity index is 1120. The fraction of sp³-hybridized carbons (Fsp3) is 0.182. The first-order chi connectivity index (χ1) is 14.8. The van der Waals surface area contributed by atoms with Gasteiger partial charge in [0.25, 0.3) is 0 Å². The van der Waals surface area contributed by atoms with Crippen molar-refractivity contribution >= 4 is 29.9 Å². The van der Waals surface area contributed by atoms with E-state index in [0.717, 1.165) is 0 Å². The van der Waals surface area contributed by atoms with E-state index in [9.17, 15) is 14.4 Å². The van der Waals surface area contributed by atoms with Crippen molar-refractivity contribution in [3.05, 3.63) is 53.2 Å². The van der Waals surface area contributed by atoms with Gasteiger partial charge in [-0.3, -0.25) is 9.59 Å². The Morgan fingerprint density at radius 3 is 2.16 bits per heavy atom. The Morgan fingerprint density at radius 1 is 0.871 bits per heavy atom. The molecule has 3 rings (SSSR count). The van der Waals surface area contributed by atoms with Crippen LogP contribution < -0.4 is 18.9 Å². The summed E-state index contributed by atoms with van der Waals surface area (Å²) in [7, 11) is 3.01. The van der Waals surface area contributed by atoms with Crippen LogP contribution in [0.25, 0.3) is 6.08 Å². The average Bonchev–Trinajstić information content (AvgIpc) is 3.09. The maximum absolute atomic E-state index is 12.3. The van der Waals surface area contributed by atoms with Crippen LogP contribution >= 0.6 is 0 Å². The largest absolute Gasteiger partial charge is 0.493 e. The van der Waals surface area contributed by atoms with Crippen LogP contribution in [-0.2, 0) is 19.1 Å². The number of esters is 3. The first-order valence-electron chi connectivity index (χ1n) is 9.06. The molecule has 0 N–H and O–H groups in total. The van der Waals surface area contributed by atoms with Crippen LogP contribution in [0.15, 0.2) is 47.1 Å². The smallest absolute Gasteiger partial charge is 0.363 e. The minimum atomic E-state index is -0.650. The molecule has 2 aromatic carbocycles. The zero-order valence-electron chi connectivity index (χ0n) is 17.3. The van der Waals surface area contributed by atoms with Crippen molar-refractivity contribution in [3.63, 3.8) is 0 Å². The van der Waals surface area contributed by atoms with Gasteiger partial charge >= 0.3 is 17.9 Å². The van der Waals surface area contributed by atoms with Crippen LogP contribution in [0.1, 0.15) is 25.0 Å². The van der Waals surface area contributed by atoms with Crippen molar-refractivity contribution in [1.29, 1.82) is 0 Å². The number of cyclic esters (lactones) is 1. The van der Waals surface area contributed by atoms with Gasteiger partial charge in [-0.1, -0.05) is 6.07 Å². The standard InChI is InChI=1S/C22H19NO8/c1-12(24)29-18-7-5-14(10-20(18)30-13(2)25)9-16-22(26)31-21(23-16)15-6-8-17(27-3)19(11-15)28-4/h5-11H,1-4H3. The van der Waals surface area contributed by atoms with Crippen LogP contribution in [0.5, 0.6) is 23.0 Å². The maximum atomic E-state index is 12.3. The van der Waals surface area contributed by atoms with E-state index in [0.29, 0.717) is 22.6 Å². The van der Waals surface area contributed by atoms with E-state index in [-0.39, 0.29) is 23.1 Å². The molecule has 0 saturated carbocycles. The molecular formula is C22H19NO8. The van der Waals surface area contributed by atoms with Crippen molar-refractivity contribution in [2.24, 2.45) is 4.99 Å². The van der Waals surface area contributed by atoms with Gasteiger partial charge in [0.2, 0.25) is 5.90 Å². The number of carbonyl (C=O) groups is 3. The summed E-state index contributed by atoms with van der Waals surface area (Å²) >= 11 is 0. The predicted molar refractivity (Wildman–Crippen MR) is 109 cm³/mol. The van der Waals surface area contributed by atoms with Crippen molar-refractivity contribution < 1.29 is 38.1 Å². The fourth-order valence-electron chi connectivity index (χ4n) is 2.75. The number of carbonyl (C=O) groups excluding carboxylic acids is 3. The van der Waals surface area contributed by atoms with Crippen molar-refractivity contribution in [3.8, 4) is 23.0 Å². The minimum absolute atomic E-state index is 0.0347. The molecule has 1 aliphatic rings. The highest BCUT2D eigenvalue weighted by atomic mass is 16.6. The van der Waals surface area contributed by atoms with Gasteiger partial charge < -0.3 is 23.7 Å². The van der Waals surface area contributed by atoms with Gasteiger partial charge in [0.15, 0.2) is 28.7 Å².